The number of anilines is 1. The molecule has 9 heteroatoms. The lowest BCUT2D eigenvalue weighted by Gasteiger charge is -2.22. The summed E-state index contributed by atoms with van der Waals surface area (Å²) in [5.41, 5.74) is 1.07. The zero-order chi connectivity index (χ0) is 19.4. The second-order valence-electron chi connectivity index (χ2n) is 6.21. The summed E-state index contributed by atoms with van der Waals surface area (Å²) >= 11 is 0. The molecule has 1 aliphatic heterocycles. The van der Waals surface area contributed by atoms with Crippen LogP contribution in [0.1, 0.15) is 12.0 Å². The SMILES string of the molecule is CN(CC1=CCCOC1)C(=O)Nc1cccc(-n2cc(C(F)(F)F)cn2)c1. The lowest BCUT2D eigenvalue weighted by Crippen LogP contribution is -2.34. The number of carbonyl (C=O) groups is 1. The number of likely N-dealkylation sites (N-methyl/N-ethyl adjacent to an activating group) is 1. The number of hydrogen-bond acceptors (Lipinski definition) is 3. The highest BCUT2D eigenvalue weighted by Crippen LogP contribution is 2.29. The van der Waals surface area contributed by atoms with E-state index in [0.29, 0.717) is 31.1 Å². The number of alkyl halides is 3. The molecule has 0 atom stereocenters. The summed E-state index contributed by atoms with van der Waals surface area (Å²) in [6.45, 7) is 1.64. The highest BCUT2D eigenvalue weighted by molar-refractivity contribution is 5.89. The first kappa shape index (κ1) is 19.0. The van der Waals surface area contributed by atoms with Crippen molar-refractivity contribution >= 4 is 11.7 Å². The Labute approximate surface area is 154 Å². The molecule has 0 bridgehead atoms. The molecule has 3 rings (SSSR count). The van der Waals surface area contributed by atoms with Crippen LogP contribution in [0, 0.1) is 0 Å². The number of rotatable bonds is 4. The van der Waals surface area contributed by atoms with E-state index in [4.69, 9.17) is 4.74 Å². The maximum absolute atomic E-state index is 12.7. The van der Waals surface area contributed by atoms with Crippen LogP contribution >= 0.6 is 0 Å². The van der Waals surface area contributed by atoms with Crippen molar-refractivity contribution in [3.63, 3.8) is 0 Å². The van der Waals surface area contributed by atoms with Crippen molar-refractivity contribution in [3.8, 4) is 5.69 Å². The Morgan fingerprint density at radius 1 is 1.41 bits per heavy atom. The predicted octanol–water partition coefficient (Wildman–Crippen LogP) is 3.70. The Morgan fingerprint density at radius 3 is 2.89 bits per heavy atom. The molecular weight excluding hydrogens is 361 g/mol. The minimum atomic E-state index is -4.45. The van der Waals surface area contributed by atoms with Crippen LogP contribution in [-0.2, 0) is 10.9 Å². The number of nitrogens with zero attached hydrogens (tertiary/aromatic N) is 3. The zero-order valence-corrected chi connectivity index (χ0v) is 14.7. The molecule has 27 heavy (non-hydrogen) atoms. The summed E-state index contributed by atoms with van der Waals surface area (Å²) in [6.07, 6.45) is 0.104. The van der Waals surface area contributed by atoms with Gasteiger partial charge in [0.25, 0.3) is 0 Å². The average molecular weight is 380 g/mol. The van der Waals surface area contributed by atoms with Crippen LogP contribution in [-0.4, -0.2) is 47.5 Å². The fourth-order valence-corrected chi connectivity index (χ4v) is 2.65. The van der Waals surface area contributed by atoms with Gasteiger partial charge in [-0.05, 0) is 30.2 Å². The minimum Gasteiger partial charge on any atom is -0.377 e. The van der Waals surface area contributed by atoms with Gasteiger partial charge >= 0.3 is 12.2 Å². The maximum atomic E-state index is 12.7. The molecule has 2 heterocycles. The fraction of sp³-hybridized carbons (Fsp3) is 0.333. The summed E-state index contributed by atoms with van der Waals surface area (Å²) in [7, 11) is 1.66. The Balaban J connectivity index is 1.67. The smallest absolute Gasteiger partial charge is 0.377 e. The predicted molar refractivity (Wildman–Crippen MR) is 93.7 cm³/mol. The van der Waals surface area contributed by atoms with Crippen molar-refractivity contribution in [1.29, 1.82) is 0 Å². The third kappa shape index (κ3) is 4.88. The van der Waals surface area contributed by atoms with E-state index in [0.717, 1.165) is 29.1 Å². The largest absolute Gasteiger partial charge is 0.419 e. The van der Waals surface area contributed by atoms with Gasteiger partial charge in [0.2, 0.25) is 0 Å². The summed E-state index contributed by atoms with van der Waals surface area (Å²) in [5, 5.41) is 6.47. The van der Waals surface area contributed by atoms with Crippen LogP contribution in [0.4, 0.5) is 23.7 Å². The molecule has 0 radical (unpaired) electrons. The fourth-order valence-electron chi connectivity index (χ4n) is 2.65. The molecule has 0 saturated carbocycles. The first-order valence-electron chi connectivity index (χ1n) is 8.33. The summed E-state index contributed by atoms with van der Waals surface area (Å²) in [4.78, 5) is 13.9. The standard InChI is InChI=1S/C18H19F3N4O2/c1-24(10-13-4-3-7-27-12-13)17(26)23-15-5-2-6-16(8-15)25-11-14(9-22-25)18(19,20)21/h2,4-6,8-9,11H,3,7,10,12H2,1H3,(H,23,26). The van der Waals surface area contributed by atoms with E-state index >= 15 is 0 Å². The molecule has 0 saturated heterocycles. The van der Waals surface area contributed by atoms with Crippen molar-refractivity contribution < 1.29 is 22.7 Å². The molecule has 6 nitrogen and oxygen atoms in total. The number of urea groups is 1. The quantitative estimate of drug-likeness (QED) is 0.823. The van der Waals surface area contributed by atoms with Gasteiger partial charge in [-0.15, -0.1) is 0 Å². The van der Waals surface area contributed by atoms with Crippen molar-refractivity contribution in [1.82, 2.24) is 14.7 Å². The minimum absolute atomic E-state index is 0.324. The average Bonchev–Trinajstić information content (AvgIpc) is 3.13. The molecule has 144 valence electrons. The van der Waals surface area contributed by atoms with Gasteiger partial charge in [-0.25, -0.2) is 9.48 Å². The van der Waals surface area contributed by atoms with Crippen LogP contribution in [0.15, 0.2) is 48.3 Å². The van der Waals surface area contributed by atoms with Crippen molar-refractivity contribution in [3.05, 3.63) is 53.9 Å². The van der Waals surface area contributed by atoms with Crippen LogP contribution in [0.5, 0.6) is 0 Å². The normalized spacial score (nSPS) is 14.6. The number of halogens is 3. The van der Waals surface area contributed by atoms with E-state index < -0.39 is 11.7 Å². The van der Waals surface area contributed by atoms with Gasteiger partial charge in [0.15, 0.2) is 0 Å². The van der Waals surface area contributed by atoms with Crippen LogP contribution in [0.25, 0.3) is 5.69 Å². The second kappa shape index (κ2) is 7.83. The highest BCUT2D eigenvalue weighted by atomic mass is 19.4. The van der Waals surface area contributed by atoms with Gasteiger partial charge in [0.05, 0.1) is 30.7 Å². The topological polar surface area (TPSA) is 59.4 Å². The molecule has 1 aromatic heterocycles. The van der Waals surface area contributed by atoms with E-state index in [1.807, 2.05) is 0 Å². The molecule has 0 fully saturated rings. The Kier molecular flexibility index (Phi) is 5.50. The van der Waals surface area contributed by atoms with Crippen LogP contribution in [0.2, 0.25) is 0 Å². The van der Waals surface area contributed by atoms with Crippen LogP contribution in [0.3, 0.4) is 0 Å². The lowest BCUT2D eigenvalue weighted by atomic mass is 10.2. The molecule has 2 amide bonds. The first-order chi connectivity index (χ1) is 12.8. The molecule has 0 spiro atoms. The van der Waals surface area contributed by atoms with Gasteiger partial charge in [-0.1, -0.05) is 12.1 Å². The van der Waals surface area contributed by atoms with Crippen LogP contribution < -0.4 is 5.32 Å². The van der Waals surface area contributed by atoms with Gasteiger partial charge in [0.1, 0.15) is 0 Å². The third-order valence-electron chi connectivity index (χ3n) is 4.04. The molecule has 1 aromatic carbocycles. The number of aromatic nitrogens is 2. The van der Waals surface area contributed by atoms with Gasteiger partial charge < -0.3 is 15.0 Å². The molecular formula is C18H19F3N4O2. The third-order valence-corrected chi connectivity index (χ3v) is 4.04. The summed E-state index contributed by atoms with van der Waals surface area (Å²) in [6, 6.07) is 6.14. The summed E-state index contributed by atoms with van der Waals surface area (Å²) < 4.78 is 44.6. The highest BCUT2D eigenvalue weighted by Gasteiger charge is 2.32. The summed E-state index contributed by atoms with van der Waals surface area (Å²) in [5.74, 6) is 0. The maximum Gasteiger partial charge on any atom is 0.419 e. The van der Waals surface area contributed by atoms with E-state index in [2.05, 4.69) is 16.5 Å². The molecule has 0 unspecified atom stereocenters. The van der Waals surface area contributed by atoms with Crippen molar-refractivity contribution in [2.45, 2.75) is 12.6 Å². The molecule has 0 aliphatic carbocycles. The lowest BCUT2D eigenvalue weighted by molar-refractivity contribution is -0.137. The number of nitrogens with one attached hydrogen (secondary N) is 1. The number of ether oxygens (including phenoxy) is 1. The van der Waals surface area contributed by atoms with E-state index in [9.17, 15) is 18.0 Å². The monoisotopic (exact) mass is 380 g/mol. The van der Waals surface area contributed by atoms with Crippen molar-refractivity contribution in [2.24, 2.45) is 0 Å². The number of hydrogen-bond donors (Lipinski definition) is 1. The molecule has 1 aliphatic rings. The zero-order valence-electron chi connectivity index (χ0n) is 14.7. The molecule has 1 N–H and O–H groups in total. The van der Waals surface area contributed by atoms with Gasteiger partial charge in [-0.2, -0.15) is 18.3 Å². The van der Waals surface area contributed by atoms with Crippen molar-refractivity contribution in [2.75, 3.05) is 32.1 Å². The van der Waals surface area contributed by atoms with Gasteiger partial charge in [-0.3, -0.25) is 0 Å². The first-order valence-corrected chi connectivity index (χ1v) is 8.33. The van der Waals surface area contributed by atoms with E-state index in [1.165, 1.54) is 4.90 Å². The second-order valence-corrected chi connectivity index (χ2v) is 6.21. The number of benzene rings is 1. The molecule has 2 aromatic rings. The number of carbonyl (C=O) groups excluding carboxylic acids is 1. The Hall–Kier alpha value is -2.81. The van der Waals surface area contributed by atoms with E-state index in [-0.39, 0.29) is 6.03 Å². The van der Waals surface area contributed by atoms with Gasteiger partial charge in [0, 0.05) is 25.5 Å². The Bertz CT molecular complexity index is 845. The Morgan fingerprint density at radius 2 is 2.22 bits per heavy atom. The number of amides is 2. The van der Waals surface area contributed by atoms with E-state index in [1.54, 1.807) is 31.3 Å².